The second-order valence-corrected chi connectivity index (χ2v) is 8.72. The van der Waals surface area contributed by atoms with E-state index in [1.807, 2.05) is 18.2 Å². The maximum atomic E-state index is 12.7. The number of benzene rings is 2. The highest BCUT2D eigenvalue weighted by atomic mass is 32.2. The molecule has 0 aromatic heterocycles. The summed E-state index contributed by atoms with van der Waals surface area (Å²) in [5.74, 6) is -0.111. The quantitative estimate of drug-likeness (QED) is 0.795. The van der Waals surface area contributed by atoms with Gasteiger partial charge in [-0.15, -0.1) is 0 Å². The van der Waals surface area contributed by atoms with Gasteiger partial charge in [0, 0.05) is 44.5 Å². The first-order chi connectivity index (χ1) is 12.9. The van der Waals surface area contributed by atoms with Crippen LogP contribution >= 0.6 is 0 Å². The predicted molar refractivity (Wildman–Crippen MR) is 107 cm³/mol. The van der Waals surface area contributed by atoms with Crippen LogP contribution in [0.4, 0.5) is 0 Å². The predicted octanol–water partition coefficient (Wildman–Crippen LogP) is 2.56. The Morgan fingerprint density at radius 3 is 2.37 bits per heavy atom. The molecule has 1 fully saturated rings. The zero-order chi connectivity index (χ0) is 19.3. The summed E-state index contributed by atoms with van der Waals surface area (Å²) in [7, 11) is -3.32. The molecule has 1 saturated heterocycles. The van der Waals surface area contributed by atoms with E-state index in [0.717, 1.165) is 25.9 Å². The van der Waals surface area contributed by atoms with E-state index in [9.17, 15) is 13.2 Å². The molecule has 1 amide bonds. The van der Waals surface area contributed by atoms with Crippen LogP contribution in [0.3, 0.4) is 0 Å². The number of hydrogen-bond donors (Lipinski definition) is 0. The van der Waals surface area contributed by atoms with Crippen LogP contribution in [-0.2, 0) is 9.84 Å². The fraction of sp³-hybridized carbons (Fsp3) is 0.286. The summed E-state index contributed by atoms with van der Waals surface area (Å²) in [5, 5.41) is 0. The minimum atomic E-state index is -3.32. The van der Waals surface area contributed by atoms with Gasteiger partial charge >= 0.3 is 0 Å². The SMILES string of the molecule is CS(=O)(=O)c1cccc(C(=O)N2CCN(C/C=C/c3ccccc3)CC2)c1. The first kappa shape index (κ1) is 19.3. The van der Waals surface area contributed by atoms with Crippen molar-refractivity contribution in [3.05, 3.63) is 71.8 Å². The van der Waals surface area contributed by atoms with Crippen LogP contribution in [-0.4, -0.2) is 63.1 Å². The van der Waals surface area contributed by atoms with Crippen molar-refractivity contribution in [3.8, 4) is 0 Å². The fourth-order valence-corrected chi connectivity index (χ4v) is 3.74. The lowest BCUT2D eigenvalue weighted by molar-refractivity contribution is 0.0650. The number of carbonyl (C=O) groups excluding carboxylic acids is 1. The van der Waals surface area contributed by atoms with Gasteiger partial charge in [0.1, 0.15) is 0 Å². The maximum Gasteiger partial charge on any atom is 0.253 e. The van der Waals surface area contributed by atoms with Gasteiger partial charge in [-0.3, -0.25) is 9.69 Å². The van der Waals surface area contributed by atoms with E-state index in [1.165, 1.54) is 17.7 Å². The second kappa shape index (κ2) is 8.50. The lowest BCUT2D eigenvalue weighted by atomic mass is 10.1. The summed E-state index contributed by atoms with van der Waals surface area (Å²) in [6.45, 7) is 3.73. The Labute approximate surface area is 160 Å². The highest BCUT2D eigenvalue weighted by Gasteiger charge is 2.22. The monoisotopic (exact) mass is 384 g/mol. The van der Waals surface area contributed by atoms with E-state index < -0.39 is 9.84 Å². The third kappa shape index (κ3) is 5.28. The number of sulfone groups is 1. The second-order valence-electron chi connectivity index (χ2n) is 6.71. The van der Waals surface area contributed by atoms with Gasteiger partial charge in [0.05, 0.1) is 4.90 Å². The van der Waals surface area contributed by atoms with Crippen LogP contribution in [0.25, 0.3) is 6.08 Å². The van der Waals surface area contributed by atoms with Gasteiger partial charge in [-0.2, -0.15) is 0 Å². The number of piperazine rings is 1. The number of carbonyl (C=O) groups is 1. The molecular weight excluding hydrogens is 360 g/mol. The third-order valence-corrected chi connectivity index (χ3v) is 5.75. The Morgan fingerprint density at radius 1 is 1.00 bits per heavy atom. The van der Waals surface area contributed by atoms with Crippen molar-refractivity contribution in [1.82, 2.24) is 9.80 Å². The molecule has 1 heterocycles. The maximum absolute atomic E-state index is 12.7. The van der Waals surface area contributed by atoms with Gasteiger partial charge in [0.25, 0.3) is 5.91 Å². The molecule has 0 atom stereocenters. The lowest BCUT2D eigenvalue weighted by Crippen LogP contribution is -2.48. The molecule has 3 rings (SSSR count). The summed E-state index contributed by atoms with van der Waals surface area (Å²) in [4.78, 5) is 17.0. The molecule has 27 heavy (non-hydrogen) atoms. The normalized spacial score (nSPS) is 16.0. The van der Waals surface area contributed by atoms with Crippen LogP contribution in [0, 0.1) is 0 Å². The number of hydrogen-bond acceptors (Lipinski definition) is 4. The van der Waals surface area contributed by atoms with Crippen molar-refractivity contribution >= 4 is 21.8 Å². The minimum absolute atomic E-state index is 0.111. The molecule has 0 bridgehead atoms. The molecule has 142 valence electrons. The van der Waals surface area contributed by atoms with Crippen LogP contribution in [0.5, 0.6) is 0 Å². The number of amides is 1. The molecule has 1 aliphatic rings. The Morgan fingerprint density at radius 2 is 1.70 bits per heavy atom. The van der Waals surface area contributed by atoms with Crippen LogP contribution in [0.1, 0.15) is 15.9 Å². The molecule has 1 aliphatic heterocycles. The van der Waals surface area contributed by atoms with Crippen LogP contribution in [0.2, 0.25) is 0 Å². The highest BCUT2D eigenvalue weighted by Crippen LogP contribution is 2.14. The number of nitrogens with zero attached hydrogens (tertiary/aromatic N) is 2. The lowest BCUT2D eigenvalue weighted by Gasteiger charge is -2.34. The summed E-state index contributed by atoms with van der Waals surface area (Å²) in [6, 6.07) is 16.4. The highest BCUT2D eigenvalue weighted by molar-refractivity contribution is 7.90. The van der Waals surface area contributed by atoms with Gasteiger partial charge in [-0.25, -0.2) is 8.42 Å². The van der Waals surface area contributed by atoms with Crippen molar-refractivity contribution in [2.45, 2.75) is 4.90 Å². The van der Waals surface area contributed by atoms with Crippen molar-refractivity contribution in [2.75, 3.05) is 39.0 Å². The zero-order valence-electron chi connectivity index (χ0n) is 15.4. The standard InChI is InChI=1S/C21H24N2O3S/c1-27(25,26)20-11-5-10-19(17-20)21(24)23-15-13-22(14-16-23)12-6-9-18-7-3-2-4-8-18/h2-11,17H,12-16H2,1H3/b9-6+. The molecule has 0 unspecified atom stereocenters. The summed E-state index contributed by atoms with van der Waals surface area (Å²) >= 11 is 0. The topological polar surface area (TPSA) is 57.7 Å². The van der Waals surface area contributed by atoms with Crippen molar-refractivity contribution in [1.29, 1.82) is 0 Å². The molecule has 2 aromatic rings. The molecule has 0 saturated carbocycles. The summed E-state index contributed by atoms with van der Waals surface area (Å²) in [5.41, 5.74) is 1.60. The summed E-state index contributed by atoms with van der Waals surface area (Å²) < 4.78 is 23.4. The minimum Gasteiger partial charge on any atom is -0.336 e. The Balaban J connectivity index is 1.54. The molecule has 0 spiro atoms. The van der Waals surface area contributed by atoms with Crippen molar-refractivity contribution < 1.29 is 13.2 Å². The van der Waals surface area contributed by atoms with Gasteiger partial charge < -0.3 is 4.90 Å². The van der Waals surface area contributed by atoms with Crippen LogP contribution in [0.15, 0.2) is 65.6 Å². The van der Waals surface area contributed by atoms with E-state index in [-0.39, 0.29) is 10.8 Å². The van der Waals surface area contributed by atoms with E-state index >= 15 is 0 Å². The molecule has 0 N–H and O–H groups in total. The molecule has 5 nitrogen and oxygen atoms in total. The molecule has 2 aromatic carbocycles. The average Bonchev–Trinajstić information content (AvgIpc) is 2.68. The summed E-state index contributed by atoms with van der Waals surface area (Å²) in [6.07, 6.45) is 5.40. The van der Waals surface area contributed by atoms with Gasteiger partial charge in [0.2, 0.25) is 0 Å². The first-order valence-corrected chi connectivity index (χ1v) is 10.9. The van der Waals surface area contributed by atoms with Gasteiger partial charge in [-0.1, -0.05) is 48.6 Å². The molecular formula is C21H24N2O3S. The third-order valence-electron chi connectivity index (χ3n) is 4.64. The smallest absolute Gasteiger partial charge is 0.253 e. The van der Waals surface area contributed by atoms with Gasteiger partial charge in [0.15, 0.2) is 9.84 Å². The Bertz CT molecular complexity index is 915. The first-order valence-electron chi connectivity index (χ1n) is 8.97. The van der Waals surface area contributed by atoms with E-state index in [0.29, 0.717) is 18.7 Å². The largest absolute Gasteiger partial charge is 0.336 e. The zero-order valence-corrected chi connectivity index (χ0v) is 16.2. The number of rotatable bonds is 5. The van der Waals surface area contributed by atoms with Crippen molar-refractivity contribution in [2.24, 2.45) is 0 Å². The Hall–Kier alpha value is -2.44. The van der Waals surface area contributed by atoms with E-state index in [2.05, 4.69) is 29.2 Å². The van der Waals surface area contributed by atoms with E-state index in [1.54, 1.807) is 17.0 Å². The Kier molecular flexibility index (Phi) is 6.08. The van der Waals surface area contributed by atoms with E-state index in [4.69, 9.17) is 0 Å². The fourth-order valence-electron chi connectivity index (χ4n) is 3.08. The van der Waals surface area contributed by atoms with Crippen molar-refractivity contribution in [3.63, 3.8) is 0 Å². The van der Waals surface area contributed by atoms with Crippen LogP contribution < -0.4 is 0 Å². The molecule has 6 heteroatoms. The molecule has 0 aliphatic carbocycles. The van der Waals surface area contributed by atoms with Gasteiger partial charge in [-0.05, 0) is 23.8 Å². The average molecular weight is 385 g/mol. The molecule has 0 radical (unpaired) electrons.